The van der Waals surface area contributed by atoms with Gasteiger partial charge in [0.15, 0.2) is 0 Å². The average Bonchev–Trinajstić information content (AvgIpc) is 3.43. The number of nitrogens with zero attached hydrogens (tertiary/aromatic N) is 2. The van der Waals surface area contributed by atoms with Gasteiger partial charge in [0.05, 0.1) is 23.0 Å². The Kier molecular flexibility index (Phi) is 6.16. The maximum absolute atomic E-state index is 9.99. The molecule has 1 aromatic heterocycles. The van der Waals surface area contributed by atoms with Crippen LogP contribution in [0.4, 0.5) is 0 Å². The lowest BCUT2D eigenvalue weighted by Gasteiger charge is -2.61. The fraction of sp³-hybridized carbons (Fsp3) is 0.217. The predicted octanol–water partition coefficient (Wildman–Crippen LogP) is 11.3. The van der Waals surface area contributed by atoms with Crippen LogP contribution in [-0.2, 0) is 5.41 Å². The molecule has 11 rings (SSSR count). The molecular formula is C46H36N2. The van der Waals surface area contributed by atoms with Crippen LogP contribution in [0.1, 0.15) is 48.8 Å². The molecule has 4 bridgehead atoms. The first-order valence-corrected chi connectivity index (χ1v) is 17.6. The minimum absolute atomic E-state index is 0.0171. The van der Waals surface area contributed by atoms with E-state index in [9.17, 15) is 5.26 Å². The van der Waals surface area contributed by atoms with Crippen molar-refractivity contribution in [1.82, 2.24) is 4.98 Å². The second-order valence-electron chi connectivity index (χ2n) is 14.7. The summed E-state index contributed by atoms with van der Waals surface area (Å²) in [6.07, 6.45) is 6.77. The first-order chi connectivity index (χ1) is 23.7. The summed E-state index contributed by atoms with van der Waals surface area (Å²) in [4.78, 5) is 5.18. The molecule has 2 heteroatoms. The number of benzene rings is 5. The Hall–Kier alpha value is -5.26. The number of hydrogen-bond donors (Lipinski definition) is 0. The lowest BCUT2D eigenvalue weighted by atomic mass is 9.43. The van der Waals surface area contributed by atoms with Crippen LogP contribution in [0.3, 0.4) is 0 Å². The molecule has 6 aromatic rings. The number of nitriles is 1. The van der Waals surface area contributed by atoms with Gasteiger partial charge in [0, 0.05) is 16.5 Å². The van der Waals surface area contributed by atoms with Crippen LogP contribution >= 0.6 is 0 Å². The van der Waals surface area contributed by atoms with Gasteiger partial charge < -0.3 is 0 Å². The summed E-state index contributed by atoms with van der Waals surface area (Å²) in [6.45, 7) is 0. The molecule has 1 spiro atoms. The highest BCUT2D eigenvalue weighted by molar-refractivity contribution is 5.88. The molecule has 0 amide bonds. The van der Waals surface area contributed by atoms with Gasteiger partial charge in [0.25, 0.3) is 0 Å². The van der Waals surface area contributed by atoms with Crippen molar-refractivity contribution in [2.75, 3.05) is 0 Å². The van der Waals surface area contributed by atoms with Crippen LogP contribution in [-0.4, -0.2) is 4.98 Å². The smallest absolute Gasteiger partial charge is 0.0998 e. The van der Waals surface area contributed by atoms with Crippen LogP contribution in [0.25, 0.3) is 55.9 Å². The third-order valence-electron chi connectivity index (χ3n) is 12.3. The summed E-state index contributed by atoms with van der Waals surface area (Å²) >= 11 is 0. The van der Waals surface area contributed by atoms with Gasteiger partial charge in [0.1, 0.15) is 0 Å². The molecule has 0 saturated heterocycles. The van der Waals surface area contributed by atoms with Crippen molar-refractivity contribution < 1.29 is 0 Å². The zero-order valence-corrected chi connectivity index (χ0v) is 26.9. The molecular weight excluding hydrogens is 581 g/mol. The monoisotopic (exact) mass is 616 g/mol. The summed E-state index contributed by atoms with van der Waals surface area (Å²) < 4.78 is 0. The highest BCUT2D eigenvalue weighted by Crippen LogP contribution is 2.69. The number of pyridine rings is 1. The second-order valence-corrected chi connectivity index (χ2v) is 14.7. The summed E-state index contributed by atoms with van der Waals surface area (Å²) in [5.74, 6) is 3.06. The van der Waals surface area contributed by atoms with E-state index in [0.29, 0.717) is 11.8 Å². The Morgan fingerprint density at radius 3 is 1.58 bits per heavy atom. The van der Waals surface area contributed by atoms with Crippen LogP contribution < -0.4 is 0 Å². The van der Waals surface area contributed by atoms with E-state index in [1.165, 1.54) is 71.0 Å². The van der Waals surface area contributed by atoms with E-state index in [1.807, 2.05) is 12.1 Å². The fourth-order valence-corrected chi connectivity index (χ4v) is 10.6. The van der Waals surface area contributed by atoms with Crippen LogP contribution in [0.15, 0.2) is 133 Å². The maximum atomic E-state index is 9.99. The van der Waals surface area contributed by atoms with Crippen molar-refractivity contribution in [3.8, 4) is 62.0 Å². The molecule has 230 valence electrons. The summed E-state index contributed by atoms with van der Waals surface area (Å²) in [5.41, 5.74) is 15.6. The molecule has 4 fully saturated rings. The Morgan fingerprint density at radius 1 is 0.479 bits per heavy atom. The Morgan fingerprint density at radius 2 is 1.00 bits per heavy atom. The van der Waals surface area contributed by atoms with Gasteiger partial charge in [-0.1, -0.05) is 103 Å². The minimum atomic E-state index is 0.0171. The summed E-state index contributed by atoms with van der Waals surface area (Å²) in [6, 6.07) is 50.7. The molecule has 0 aliphatic heterocycles. The van der Waals surface area contributed by atoms with E-state index in [2.05, 4.69) is 127 Å². The molecule has 0 N–H and O–H groups in total. The van der Waals surface area contributed by atoms with E-state index in [-0.39, 0.29) is 5.41 Å². The van der Waals surface area contributed by atoms with E-state index in [1.54, 1.807) is 0 Å². The number of aromatic nitrogens is 1. The quantitative estimate of drug-likeness (QED) is 0.198. The van der Waals surface area contributed by atoms with Crippen molar-refractivity contribution in [1.29, 1.82) is 5.26 Å². The van der Waals surface area contributed by atoms with E-state index < -0.39 is 0 Å². The third-order valence-corrected chi connectivity index (χ3v) is 12.3. The third kappa shape index (κ3) is 4.07. The first-order valence-electron chi connectivity index (χ1n) is 17.6. The topological polar surface area (TPSA) is 36.7 Å². The maximum Gasteiger partial charge on any atom is 0.0998 e. The van der Waals surface area contributed by atoms with Gasteiger partial charge in [-0.2, -0.15) is 5.26 Å². The van der Waals surface area contributed by atoms with E-state index >= 15 is 0 Å². The molecule has 4 saturated carbocycles. The van der Waals surface area contributed by atoms with E-state index in [4.69, 9.17) is 4.98 Å². The Balaban J connectivity index is 1.18. The van der Waals surface area contributed by atoms with Gasteiger partial charge >= 0.3 is 0 Å². The molecule has 5 aromatic carbocycles. The lowest BCUT2D eigenvalue weighted by Crippen LogP contribution is -2.55. The highest BCUT2D eigenvalue weighted by atomic mass is 14.7. The van der Waals surface area contributed by atoms with Gasteiger partial charge in [-0.25, -0.2) is 4.98 Å². The molecule has 2 nitrogen and oxygen atoms in total. The fourth-order valence-electron chi connectivity index (χ4n) is 10.6. The summed E-state index contributed by atoms with van der Waals surface area (Å²) in [5, 5.41) is 9.99. The van der Waals surface area contributed by atoms with Crippen LogP contribution in [0, 0.1) is 35.0 Å². The van der Waals surface area contributed by atoms with E-state index in [0.717, 1.165) is 45.5 Å². The normalized spacial score (nSPS) is 24.3. The molecule has 48 heavy (non-hydrogen) atoms. The molecule has 5 aliphatic rings. The van der Waals surface area contributed by atoms with Crippen molar-refractivity contribution >= 4 is 0 Å². The molecule has 0 unspecified atom stereocenters. The lowest BCUT2D eigenvalue weighted by molar-refractivity contribution is -0.0399. The standard InChI is InChI=1S/C46H36N2/c47-28-35-13-7-8-14-39(35)34-16-18-41-40-17-15-33(24-42(40)46(43(41)25-34)37-20-29-19-30(22-37)23-38(46)21-29)36-26-44(31-9-3-1-4-10-31)48-45(27-36)32-11-5-2-6-12-32/h1-18,24-27,29-30,37-38H,19-23H2. The summed E-state index contributed by atoms with van der Waals surface area (Å²) in [7, 11) is 0. The SMILES string of the molecule is N#Cc1ccccc1-c1ccc2c(c1)C1(c3cc(-c4cc(-c5ccccc5)nc(-c5ccccc5)c4)ccc3-2)C2CC3CC(C2)CC1C3. The molecule has 1 heterocycles. The Bertz CT molecular complexity index is 2170. The molecule has 0 radical (unpaired) electrons. The number of fused-ring (bicyclic) bond motifs is 3. The van der Waals surface area contributed by atoms with Crippen LogP contribution in [0.5, 0.6) is 0 Å². The average molecular weight is 617 g/mol. The Labute approximate surface area is 282 Å². The predicted molar refractivity (Wildman–Crippen MR) is 194 cm³/mol. The zero-order chi connectivity index (χ0) is 31.8. The van der Waals surface area contributed by atoms with Crippen molar-refractivity contribution in [2.45, 2.75) is 37.5 Å². The van der Waals surface area contributed by atoms with Gasteiger partial charge in [-0.15, -0.1) is 0 Å². The second kappa shape index (κ2) is 10.6. The largest absolute Gasteiger partial charge is 0.248 e. The van der Waals surface area contributed by atoms with Gasteiger partial charge in [-0.05, 0) is 131 Å². The number of rotatable bonds is 4. The van der Waals surface area contributed by atoms with Crippen molar-refractivity contribution in [3.63, 3.8) is 0 Å². The number of hydrogen-bond acceptors (Lipinski definition) is 2. The van der Waals surface area contributed by atoms with Gasteiger partial charge in [-0.3, -0.25) is 0 Å². The van der Waals surface area contributed by atoms with Crippen LogP contribution in [0.2, 0.25) is 0 Å². The van der Waals surface area contributed by atoms with Crippen molar-refractivity contribution in [2.24, 2.45) is 23.7 Å². The molecule has 0 atom stereocenters. The first kappa shape index (κ1) is 27.8. The zero-order valence-electron chi connectivity index (χ0n) is 26.9. The molecule has 5 aliphatic carbocycles. The minimum Gasteiger partial charge on any atom is -0.248 e. The van der Waals surface area contributed by atoms with Gasteiger partial charge in [0.2, 0.25) is 0 Å². The highest BCUT2D eigenvalue weighted by Gasteiger charge is 2.61. The van der Waals surface area contributed by atoms with Crippen molar-refractivity contribution in [3.05, 3.63) is 150 Å².